The second kappa shape index (κ2) is 4.89. The summed E-state index contributed by atoms with van der Waals surface area (Å²) in [5, 5.41) is 6.32. The van der Waals surface area contributed by atoms with E-state index in [2.05, 4.69) is 20.3 Å². The van der Waals surface area contributed by atoms with Crippen LogP contribution in [0.1, 0.15) is 10.6 Å². The smallest absolute Gasteiger partial charge is 0.221 e. The van der Waals surface area contributed by atoms with Crippen LogP contribution in [0.4, 0.5) is 11.8 Å². The van der Waals surface area contributed by atoms with Crippen molar-refractivity contribution in [3.63, 3.8) is 0 Å². The molecule has 2 heterocycles. The van der Waals surface area contributed by atoms with E-state index in [-0.39, 0.29) is 0 Å². The van der Waals surface area contributed by atoms with Crippen molar-refractivity contribution in [3.05, 3.63) is 28.3 Å². The van der Waals surface area contributed by atoms with Crippen LogP contribution < -0.4 is 11.1 Å². The molecule has 6 heteroatoms. The van der Waals surface area contributed by atoms with Gasteiger partial charge in [0, 0.05) is 36.3 Å². The maximum Gasteiger partial charge on any atom is 0.221 e. The summed E-state index contributed by atoms with van der Waals surface area (Å²) < 4.78 is 0. The van der Waals surface area contributed by atoms with E-state index in [1.165, 1.54) is 0 Å². The van der Waals surface area contributed by atoms with Gasteiger partial charge in [0.1, 0.15) is 5.82 Å². The highest BCUT2D eigenvalue weighted by Crippen LogP contribution is 2.11. The minimum Gasteiger partial charge on any atom is -0.369 e. The third-order valence-electron chi connectivity index (χ3n) is 2.11. The first-order chi connectivity index (χ1) is 7.75. The SMILES string of the molecule is Cc1cnc(N)nc1NCCc1nccs1. The zero-order valence-electron chi connectivity index (χ0n) is 8.97. The Morgan fingerprint density at radius 2 is 2.31 bits per heavy atom. The van der Waals surface area contributed by atoms with Crippen LogP contribution in [0.5, 0.6) is 0 Å². The average molecular weight is 235 g/mol. The summed E-state index contributed by atoms with van der Waals surface area (Å²) in [5.74, 6) is 1.09. The van der Waals surface area contributed by atoms with Gasteiger partial charge in [-0.25, -0.2) is 9.97 Å². The number of aromatic nitrogens is 3. The number of nitrogens with one attached hydrogen (secondary N) is 1. The molecule has 2 aromatic rings. The molecule has 0 amide bonds. The molecule has 0 unspecified atom stereocenters. The molecule has 0 spiro atoms. The van der Waals surface area contributed by atoms with Gasteiger partial charge in [-0.05, 0) is 6.92 Å². The van der Waals surface area contributed by atoms with Gasteiger partial charge in [-0.1, -0.05) is 0 Å². The Labute approximate surface area is 97.8 Å². The minimum atomic E-state index is 0.294. The topological polar surface area (TPSA) is 76.7 Å². The van der Waals surface area contributed by atoms with E-state index in [0.29, 0.717) is 5.95 Å². The summed E-state index contributed by atoms with van der Waals surface area (Å²) in [6.07, 6.45) is 4.42. The van der Waals surface area contributed by atoms with Gasteiger partial charge in [0.2, 0.25) is 5.95 Å². The summed E-state index contributed by atoms with van der Waals surface area (Å²) >= 11 is 1.66. The maximum absolute atomic E-state index is 5.52. The van der Waals surface area contributed by atoms with Gasteiger partial charge < -0.3 is 11.1 Å². The van der Waals surface area contributed by atoms with Gasteiger partial charge in [0.25, 0.3) is 0 Å². The lowest BCUT2D eigenvalue weighted by molar-refractivity contribution is 0.978. The van der Waals surface area contributed by atoms with Crippen molar-refractivity contribution in [2.45, 2.75) is 13.3 Å². The van der Waals surface area contributed by atoms with Crippen LogP contribution in [-0.2, 0) is 6.42 Å². The largest absolute Gasteiger partial charge is 0.369 e. The molecule has 0 aliphatic rings. The number of hydrogen-bond donors (Lipinski definition) is 2. The number of nitrogen functional groups attached to an aromatic ring is 1. The number of hydrogen-bond acceptors (Lipinski definition) is 6. The number of anilines is 2. The third-order valence-corrected chi connectivity index (χ3v) is 2.94. The molecule has 0 aliphatic heterocycles. The summed E-state index contributed by atoms with van der Waals surface area (Å²) in [6.45, 7) is 2.75. The molecule has 0 radical (unpaired) electrons. The molecule has 0 saturated heterocycles. The first-order valence-corrected chi connectivity index (χ1v) is 5.85. The number of rotatable bonds is 4. The molecule has 2 rings (SSSR count). The number of nitrogens with two attached hydrogens (primary N) is 1. The van der Waals surface area contributed by atoms with Gasteiger partial charge in [-0.2, -0.15) is 4.98 Å². The fraction of sp³-hybridized carbons (Fsp3) is 0.300. The summed E-state index contributed by atoms with van der Waals surface area (Å²) in [6, 6.07) is 0. The van der Waals surface area contributed by atoms with Gasteiger partial charge in [0.15, 0.2) is 0 Å². The summed E-state index contributed by atoms with van der Waals surface area (Å²) in [5.41, 5.74) is 6.52. The monoisotopic (exact) mass is 235 g/mol. The van der Waals surface area contributed by atoms with Crippen molar-refractivity contribution >= 4 is 23.1 Å². The van der Waals surface area contributed by atoms with Crippen molar-refractivity contribution in [1.29, 1.82) is 0 Å². The highest BCUT2D eigenvalue weighted by atomic mass is 32.1. The normalized spacial score (nSPS) is 10.3. The number of thiazole rings is 1. The van der Waals surface area contributed by atoms with Gasteiger partial charge in [-0.15, -0.1) is 11.3 Å². The Hall–Kier alpha value is -1.69. The second-order valence-electron chi connectivity index (χ2n) is 3.36. The fourth-order valence-corrected chi connectivity index (χ4v) is 1.92. The lowest BCUT2D eigenvalue weighted by Gasteiger charge is -2.07. The standard InChI is InChI=1S/C10H13N5S/c1-7-6-14-10(11)15-9(7)13-3-2-8-12-4-5-16-8/h4-6H,2-3H2,1H3,(H3,11,13,14,15). The lowest BCUT2D eigenvalue weighted by Crippen LogP contribution is -2.09. The molecule has 0 aromatic carbocycles. The van der Waals surface area contributed by atoms with Gasteiger partial charge >= 0.3 is 0 Å². The van der Waals surface area contributed by atoms with E-state index < -0.39 is 0 Å². The fourth-order valence-electron chi connectivity index (χ4n) is 1.30. The quantitative estimate of drug-likeness (QED) is 0.839. The molecular formula is C10H13N5S. The maximum atomic E-state index is 5.52. The molecule has 2 aromatic heterocycles. The van der Waals surface area contributed by atoms with Crippen LogP contribution in [0, 0.1) is 6.92 Å². The van der Waals surface area contributed by atoms with Crippen molar-refractivity contribution < 1.29 is 0 Å². The van der Waals surface area contributed by atoms with Gasteiger partial charge in [0.05, 0.1) is 5.01 Å². The molecule has 0 saturated carbocycles. The Kier molecular flexibility index (Phi) is 3.31. The molecule has 84 valence electrons. The van der Waals surface area contributed by atoms with Crippen LogP contribution in [-0.4, -0.2) is 21.5 Å². The Balaban J connectivity index is 1.92. The predicted octanol–water partition coefficient (Wildman–Crippen LogP) is 1.48. The highest BCUT2D eigenvalue weighted by molar-refractivity contribution is 7.09. The van der Waals surface area contributed by atoms with Crippen molar-refractivity contribution in [2.75, 3.05) is 17.6 Å². The van der Waals surface area contributed by atoms with Crippen molar-refractivity contribution in [2.24, 2.45) is 0 Å². The van der Waals surface area contributed by atoms with E-state index in [0.717, 1.165) is 29.4 Å². The van der Waals surface area contributed by atoms with Crippen LogP contribution in [0.25, 0.3) is 0 Å². The number of nitrogens with zero attached hydrogens (tertiary/aromatic N) is 3. The third kappa shape index (κ3) is 2.66. The zero-order chi connectivity index (χ0) is 11.4. The van der Waals surface area contributed by atoms with Crippen LogP contribution in [0.3, 0.4) is 0 Å². The van der Waals surface area contributed by atoms with Crippen LogP contribution in [0.15, 0.2) is 17.8 Å². The Morgan fingerprint density at radius 1 is 1.44 bits per heavy atom. The van der Waals surface area contributed by atoms with Crippen LogP contribution in [0.2, 0.25) is 0 Å². The Bertz CT molecular complexity index is 454. The first-order valence-electron chi connectivity index (χ1n) is 4.97. The molecule has 0 bridgehead atoms. The van der Waals surface area contributed by atoms with E-state index in [1.54, 1.807) is 17.5 Å². The van der Waals surface area contributed by atoms with Gasteiger partial charge in [-0.3, -0.25) is 0 Å². The molecule has 0 atom stereocenters. The Morgan fingerprint density at radius 3 is 3.06 bits per heavy atom. The number of aryl methyl sites for hydroxylation is 1. The van der Waals surface area contributed by atoms with E-state index in [4.69, 9.17) is 5.73 Å². The zero-order valence-corrected chi connectivity index (χ0v) is 9.79. The summed E-state index contributed by atoms with van der Waals surface area (Å²) in [4.78, 5) is 12.3. The van der Waals surface area contributed by atoms with E-state index in [9.17, 15) is 0 Å². The highest BCUT2D eigenvalue weighted by Gasteiger charge is 2.01. The van der Waals surface area contributed by atoms with E-state index >= 15 is 0 Å². The van der Waals surface area contributed by atoms with E-state index in [1.807, 2.05) is 18.5 Å². The first kappa shape index (κ1) is 10.8. The molecule has 0 aliphatic carbocycles. The molecular weight excluding hydrogens is 222 g/mol. The molecule has 3 N–H and O–H groups in total. The molecule has 5 nitrogen and oxygen atoms in total. The van der Waals surface area contributed by atoms with Crippen molar-refractivity contribution in [1.82, 2.24) is 15.0 Å². The minimum absolute atomic E-state index is 0.294. The van der Waals surface area contributed by atoms with Crippen LogP contribution >= 0.6 is 11.3 Å². The second-order valence-corrected chi connectivity index (χ2v) is 4.34. The van der Waals surface area contributed by atoms with Crippen molar-refractivity contribution in [3.8, 4) is 0 Å². The molecule has 16 heavy (non-hydrogen) atoms. The summed E-state index contributed by atoms with van der Waals surface area (Å²) in [7, 11) is 0. The lowest BCUT2D eigenvalue weighted by atomic mass is 10.3. The average Bonchev–Trinajstić information content (AvgIpc) is 2.76. The molecule has 0 fully saturated rings. The predicted molar refractivity (Wildman–Crippen MR) is 65.5 cm³/mol.